The molecule has 2 aliphatic heterocycles. The third-order valence-corrected chi connectivity index (χ3v) is 14.4. The van der Waals surface area contributed by atoms with Gasteiger partial charge < -0.3 is 35.4 Å². The molecule has 5 fully saturated rings. The van der Waals surface area contributed by atoms with Gasteiger partial charge in [0.25, 0.3) is 5.91 Å². The number of rotatable bonds is 15. The van der Waals surface area contributed by atoms with Crippen LogP contribution in [0.2, 0.25) is 0 Å². The van der Waals surface area contributed by atoms with E-state index in [1.54, 1.807) is 19.1 Å². The van der Waals surface area contributed by atoms with Crippen molar-refractivity contribution in [3.63, 3.8) is 0 Å². The fourth-order valence-corrected chi connectivity index (χ4v) is 10.7. The number of nitrogens with one attached hydrogen (secondary N) is 2. The molecule has 0 unspecified atom stereocenters. The molecule has 2 amide bonds. The molecule has 12 nitrogen and oxygen atoms in total. The van der Waals surface area contributed by atoms with Gasteiger partial charge in [0.2, 0.25) is 5.91 Å². The normalized spacial score (nSPS) is 27.7. The lowest BCUT2D eigenvalue weighted by Gasteiger charge is -2.62. The number of nitrogens with zero attached hydrogens (tertiary/aromatic N) is 4. The van der Waals surface area contributed by atoms with Gasteiger partial charge in [0.15, 0.2) is 0 Å². The van der Waals surface area contributed by atoms with E-state index >= 15 is 0 Å². The molecule has 0 radical (unpaired) electrons. The molecule has 5 aliphatic rings. The summed E-state index contributed by atoms with van der Waals surface area (Å²) < 4.78 is 6.16. The number of ether oxygens (including phenoxy) is 1. The number of benzene rings is 3. The predicted molar refractivity (Wildman–Crippen MR) is 236 cm³/mol. The van der Waals surface area contributed by atoms with Crippen molar-refractivity contribution in [2.75, 3.05) is 72.5 Å². The Balaban J connectivity index is 1.15. The zero-order valence-electron chi connectivity index (χ0n) is 36.9. The number of amides is 2. The van der Waals surface area contributed by atoms with Gasteiger partial charge in [-0.1, -0.05) is 69.3 Å². The smallest absolute Gasteiger partial charge is 0.251 e. The van der Waals surface area contributed by atoms with E-state index in [-0.39, 0.29) is 42.5 Å². The minimum Gasteiger partial charge on any atom is -0.496 e. The average molecular weight is 825 g/mol. The van der Waals surface area contributed by atoms with Crippen LogP contribution in [0, 0.1) is 29.1 Å². The van der Waals surface area contributed by atoms with Crippen LogP contribution in [0.4, 0.5) is 5.69 Å². The first-order valence-corrected chi connectivity index (χ1v) is 22.0. The van der Waals surface area contributed by atoms with E-state index in [2.05, 4.69) is 66.5 Å². The van der Waals surface area contributed by atoms with E-state index in [4.69, 9.17) is 9.57 Å². The molecule has 0 spiro atoms. The second-order valence-corrected chi connectivity index (χ2v) is 18.9. The van der Waals surface area contributed by atoms with Crippen molar-refractivity contribution in [1.29, 1.82) is 0 Å². The van der Waals surface area contributed by atoms with Crippen LogP contribution >= 0.6 is 0 Å². The van der Waals surface area contributed by atoms with Gasteiger partial charge in [0.1, 0.15) is 17.9 Å². The van der Waals surface area contributed by atoms with E-state index in [0.29, 0.717) is 29.1 Å². The number of anilines is 1. The van der Waals surface area contributed by atoms with E-state index in [1.165, 1.54) is 12.0 Å². The Hall–Kier alpha value is -4.04. The van der Waals surface area contributed by atoms with Crippen molar-refractivity contribution in [2.45, 2.75) is 83.8 Å². The molecule has 2 heterocycles. The van der Waals surface area contributed by atoms with Crippen LogP contribution in [0.5, 0.6) is 5.75 Å². The molecule has 3 aromatic rings. The van der Waals surface area contributed by atoms with Crippen molar-refractivity contribution in [1.82, 2.24) is 25.5 Å². The van der Waals surface area contributed by atoms with E-state index < -0.39 is 24.2 Å². The van der Waals surface area contributed by atoms with Crippen LogP contribution in [0.15, 0.2) is 66.7 Å². The standard InChI is InChI=1S/C48H68N6O6/c1-30-40-25-36(48(40,3)4)26-41(30)50-47(58)44-43(31(2)56)42(29-55)60-54(44)27-33-15-12-16-39(45(33)59-8)34-22-35(24-38(23-34)51(5)6)46(57)49-37(21-32-13-10-9-11-14-32)28-53-19-17-52(7)18-20-53/h9-16,22-24,30-31,36-37,40-44,55-56H,17-21,25-29H2,1-8H3,(H,49,57)(H,50,58)/t30-,31-,36+,37+,40-,41-,42-,43+,44-/m0/s1. The zero-order valence-corrected chi connectivity index (χ0v) is 36.9. The number of likely N-dealkylation sites (N-methyl/N-ethyl adjacent to an activating group) is 1. The van der Waals surface area contributed by atoms with Crippen molar-refractivity contribution >= 4 is 17.5 Å². The Morgan fingerprint density at radius 1 is 1.02 bits per heavy atom. The van der Waals surface area contributed by atoms with Gasteiger partial charge in [-0.15, -0.1) is 0 Å². The van der Waals surface area contributed by atoms with Crippen LogP contribution in [0.25, 0.3) is 11.1 Å². The first kappa shape index (κ1) is 44.0. The molecule has 3 aromatic carbocycles. The van der Waals surface area contributed by atoms with E-state index in [9.17, 15) is 19.8 Å². The summed E-state index contributed by atoms with van der Waals surface area (Å²) in [6.45, 7) is 13.1. The minimum absolute atomic E-state index is 0.0348. The first-order valence-electron chi connectivity index (χ1n) is 22.0. The summed E-state index contributed by atoms with van der Waals surface area (Å²) >= 11 is 0. The Morgan fingerprint density at radius 2 is 1.75 bits per heavy atom. The molecule has 4 N–H and O–H groups in total. The third kappa shape index (κ3) is 9.24. The minimum atomic E-state index is -0.903. The highest BCUT2D eigenvalue weighted by Crippen LogP contribution is 2.61. The Labute approximate surface area is 357 Å². The van der Waals surface area contributed by atoms with Crippen LogP contribution in [-0.4, -0.2) is 135 Å². The number of carbonyl (C=O) groups is 2. The molecular weight excluding hydrogens is 757 g/mol. The lowest BCUT2D eigenvalue weighted by molar-refractivity contribution is -0.183. The van der Waals surface area contributed by atoms with Gasteiger partial charge >= 0.3 is 0 Å². The maximum absolute atomic E-state index is 14.4. The Morgan fingerprint density at radius 3 is 2.38 bits per heavy atom. The number of hydrogen-bond donors (Lipinski definition) is 4. The maximum atomic E-state index is 14.4. The summed E-state index contributed by atoms with van der Waals surface area (Å²) in [5.74, 6) is 1.05. The van der Waals surface area contributed by atoms with Gasteiger partial charge in [-0.05, 0) is 85.7 Å². The molecule has 3 saturated carbocycles. The van der Waals surface area contributed by atoms with Crippen molar-refractivity contribution in [3.05, 3.63) is 83.4 Å². The number of hydroxylamine groups is 2. The quantitative estimate of drug-likeness (QED) is 0.172. The van der Waals surface area contributed by atoms with Crippen molar-refractivity contribution < 1.29 is 29.4 Å². The SMILES string of the molecule is COc1c(CN2O[C@@H](CO)[C@@H]([C@H](C)O)[C@H]2C(=O)N[C@H]2C[C@H]3C[C@@H]([C@@H]2C)C3(C)C)cccc1-c1cc(C(=O)N[C@H](Cc2ccccc2)CN2CCN(C)CC2)cc(N(C)C)c1. The van der Waals surface area contributed by atoms with Gasteiger partial charge in [-0.3, -0.25) is 19.3 Å². The largest absolute Gasteiger partial charge is 0.496 e. The molecular formula is C48H68N6O6. The fraction of sp³-hybridized carbons (Fsp3) is 0.583. The first-order chi connectivity index (χ1) is 28.7. The highest BCUT2D eigenvalue weighted by molar-refractivity contribution is 5.97. The second kappa shape index (κ2) is 18.5. The number of hydrogen-bond acceptors (Lipinski definition) is 10. The molecule has 60 heavy (non-hydrogen) atoms. The summed E-state index contributed by atoms with van der Waals surface area (Å²) in [6.07, 6.45) is 1.19. The zero-order chi connectivity index (χ0) is 42.9. The number of aliphatic hydroxyl groups excluding tert-OH is 2. The Bertz CT molecular complexity index is 1950. The van der Waals surface area contributed by atoms with Gasteiger partial charge in [0, 0.05) is 87.2 Å². The highest BCUT2D eigenvalue weighted by Gasteiger charge is 2.57. The van der Waals surface area contributed by atoms with Crippen LogP contribution in [0.3, 0.4) is 0 Å². The number of carbonyl (C=O) groups excluding carboxylic acids is 2. The summed E-state index contributed by atoms with van der Waals surface area (Å²) in [4.78, 5) is 41.8. The number of fused-ring (bicyclic) bond motifs is 2. The summed E-state index contributed by atoms with van der Waals surface area (Å²) in [5, 5.41) is 29.9. The Kier molecular flexibility index (Phi) is 13.6. The van der Waals surface area contributed by atoms with Crippen LogP contribution < -0.4 is 20.3 Å². The lowest BCUT2D eigenvalue weighted by Crippen LogP contribution is -2.62. The van der Waals surface area contributed by atoms with E-state index in [1.807, 2.05) is 67.5 Å². The number of aliphatic hydroxyl groups is 2. The second-order valence-electron chi connectivity index (χ2n) is 18.9. The van der Waals surface area contributed by atoms with Crippen LogP contribution in [0.1, 0.15) is 62.0 Å². The molecule has 3 aliphatic carbocycles. The van der Waals surface area contributed by atoms with Gasteiger partial charge in [0.05, 0.1) is 26.4 Å². The summed E-state index contributed by atoms with van der Waals surface area (Å²) in [6, 6.07) is 21.2. The summed E-state index contributed by atoms with van der Waals surface area (Å²) in [7, 11) is 7.70. The van der Waals surface area contributed by atoms with Crippen LogP contribution in [-0.2, 0) is 22.6 Å². The molecule has 326 valence electrons. The molecule has 0 aromatic heterocycles. The van der Waals surface area contributed by atoms with Crippen molar-refractivity contribution in [3.8, 4) is 16.9 Å². The fourth-order valence-electron chi connectivity index (χ4n) is 10.7. The molecule has 9 atom stereocenters. The topological polar surface area (TPSA) is 130 Å². The molecule has 12 heteroatoms. The van der Waals surface area contributed by atoms with Gasteiger partial charge in [-0.2, -0.15) is 5.06 Å². The maximum Gasteiger partial charge on any atom is 0.251 e. The number of para-hydroxylation sites is 1. The monoisotopic (exact) mass is 825 g/mol. The molecule has 2 bridgehead atoms. The molecule has 2 saturated heterocycles. The highest BCUT2D eigenvalue weighted by atomic mass is 16.7. The predicted octanol–water partition coefficient (Wildman–Crippen LogP) is 4.68. The molecule has 8 rings (SSSR count). The van der Waals surface area contributed by atoms with Crippen molar-refractivity contribution in [2.24, 2.45) is 29.1 Å². The summed E-state index contributed by atoms with van der Waals surface area (Å²) in [5.41, 5.74) is 5.23. The average Bonchev–Trinajstić information content (AvgIpc) is 3.61. The third-order valence-electron chi connectivity index (χ3n) is 14.4. The number of piperazine rings is 1. The van der Waals surface area contributed by atoms with Gasteiger partial charge in [-0.25, -0.2) is 0 Å². The number of methoxy groups -OCH3 is 1. The lowest BCUT2D eigenvalue weighted by atomic mass is 9.45. The van der Waals surface area contributed by atoms with E-state index in [0.717, 1.165) is 67.9 Å².